The lowest BCUT2D eigenvalue weighted by Crippen LogP contribution is -2.29. The normalized spacial score (nSPS) is 10.0. The number of nitro groups is 1. The van der Waals surface area contributed by atoms with Crippen LogP contribution in [0, 0.1) is 10.1 Å². The molecule has 154 valence electrons. The molecule has 0 aromatic heterocycles. The molecule has 0 saturated carbocycles. The number of methoxy groups -OCH3 is 2. The predicted octanol–water partition coefficient (Wildman–Crippen LogP) is 1.85. The van der Waals surface area contributed by atoms with Crippen molar-refractivity contribution in [3.63, 3.8) is 0 Å². The van der Waals surface area contributed by atoms with Gasteiger partial charge in [-0.2, -0.15) is 0 Å². The van der Waals surface area contributed by atoms with E-state index in [9.17, 15) is 19.7 Å². The van der Waals surface area contributed by atoms with Gasteiger partial charge in [0.2, 0.25) is 0 Å². The lowest BCUT2D eigenvalue weighted by molar-refractivity contribution is -0.384. The minimum Gasteiger partial charge on any atom is -0.493 e. The van der Waals surface area contributed by atoms with E-state index in [-0.39, 0.29) is 18.0 Å². The van der Waals surface area contributed by atoms with Gasteiger partial charge in [-0.25, -0.2) is 4.79 Å². The first-order valence-electron chi connectivity index (χ1n) is 8.43. The Morgan fingerprint density at radius 1 is 1.00 bits per heavy atom. The van der Waals surface area contributed by atoms with Crippen molar-refractivity contribution in [2.24, 2.45) is 0 Å². The summed E-state index contributed by atoms with van der Waals surface area (Å²) in [4.78, 5) is 33.5. The predicted molar refractivity (Wildman–Crippen MR) is 101 cm³/mol. The number of nitrogens with zero attached hydrogens (tertiary/aromatic N) is 1. The third-order valence-corrected chi connectivity index (χ3v) is 3.71. The number of non-ortho nitro benzene ring substituents is 1. The highest BCUT2D eigenvalue weighted by atomic mass is 16.6. The van der Waals surface area contributed by atoms with Gasteiger partial charge in [0.05, 0.1) is 19.1 Å². The van der Waals surface area contributed by atoms with Crippen molar-refractivity contribution in [3.8, 4) is 17.2 Å². The summed E-state index contributed by atoms with van der Waals surface area (Å²) in [6.07, 6.45) is 0. The first-order valence-corrected chi connectivity index (χ1v) is 8.43. The molecule has 0 aliphatic rings. The van der Waals surface area contributed by atoms with Crippen LogP contribution in [0.25, 0.3) is 0 Å². The van der Waals surface area contributed by atoms with Gasteiger partial charge in [0.15, 0.2) is 24.7 Å². The third kappa shape index (κ3) is 6.69. The van der Waals surface area contributed by atoms with Crippen molar-refractivity contribution in [3.05, 3.63) is 58.1 Å². The van der Waals surface area contributed by atoms with E-state index in [0.717, 1.165) is 5.56 Å². The van der Waals surface area contributed by atoms with E-state index >= 15 is 0 Å². The summed E-state index contributed by atoms with van der Waals surface area (Å²) < 4.78 is 20.3. The van der Waals surface area contributed by atoms with Gasteiger partial charge in [-0.1, -0.05) is 6.07 Å². The molecule has 2 aromatic carbocycles. The standard InChI is InChI=1S/C19H20N2O8/c1-26-16-8-3-13(9-17(16)27-2)10-20-18(22)11-29-19(23)12-28-15-6-4-14(5-7-15)21(24)25/h3-9H,10-12H2,1-2H3,(H,20,22). The maximum atomic E-state index is 11.8. The molecular formula is C19H20N2O8. The molecule has 10 nitrogen and oxygen atoms in total. The second-order valence-electron chi connectivity index (χ2n) is 5.67. The van der Waals surface area contributed by atoms with Crippen LogP contribution in [-0.2, 0) is 20.9 Å². The third-order valence-electron chi connectivity index (χ3n) is 3.71. The Balaban J connectivity index is 1.71. The number of nitrogens with one attached hydrogen (secondary N) is 1. The summed E-state index contributed by atoms with van der Waals surface area (Å²) in [5, 5.41) is 13.2. The van der Waals surface area contributed by atoms with E-state index in [2.05, 4.69) is 5.32 Å². The Morgan fingerprint density at radius 2 is 1.69 bits per heavy atom. The largest absolute Gasteiger partial charge is 0.493 e. The summed E-state index contributed by atoms with van der Waals surface area (Å²) in [7, 11) is 3.04. The molecule has 10 heteroatoms. The highest BCUT2D eigenvalue weighted by Crippen LogP contribution is 2.27. The first-order chi connectivity index (χ1) is 13.9. The fraction of sp³-hybridized carbons (Fsp3) is 0.263. The fourth-order valence-electron chi connectivity index (χ4n) is 2.24. The molecule has 1 N–H and O–H groups in total. The number of hydrogen-bond donors (Lipinski definition) is 1. The minimum atomic E-state index is -0.746. The maximum Gasteiger partial charge on any atom is 0.344 e. The van der Waals surface area contributed by atoms with Gasteiger partial charge in [0.1, 0.15) is 5.75 Å². The van der Waals surface area contributed by atoms with E-state index in [1.54, 1.807) is 18.2 Å². The SMILES string of the molecule is COc1ccc(CNC(=O)COC(=O)COc2ccc([N+](=O)[O-])cc2)cc1OC. The molecular weight excluding hydrogens is 384 g/mol. The lowest BCUT2D eigenvalue weighted by Gasteiger charge is -2.11. The van der Waals surface area contributed by atoms with Gasteiger partial charge in [0.25, 0.3) is 11.6 Å². The van der Waals surface area contributed by atoms with Gasteiger partial charge >= 0.3 is 5.97 Å². The smallest absolute Gasteiger partial charge is 0.344 e. The molecule has 2 aromatic rings. The molecule has 29 heavy (non-hydrogen) atoms. The molecule has 0 spiro atoms. The zero-order valence-corrected chi connectivity index (χ0v) is 15.9. The zero-order valence-electron chi connectivity index (χ0n) is 15.9. The van der Waals surface area contributed by atoms with Crippen LogP contribution in [0.15, 0.2) is 42.5 Å². The van der Waals surface area contributed by atoms with Crippen molar-refractivity contribution in [2.45, 2.75) is 6.54 Å². The minimum absolute atomic E-state index is 0.0916. The molecule has 0 unspecified atom stereocenters. The molecule has 0 bridgehead atoms. The molecule has 0 fully saturated rings. The maximum absolute atomic E-state index is 11.8. The Morgan fingerprint density at radius 3 is 2.31 bits per heavy atom. The van der Waals surface area contributed by atoms with Crippen LogP contribution < -0.4 is 19.5 Å². The summed E-state index contributed by atoms with van der Waals surface area (Å²) in [6.45, 7) is -0.674. The highest BCUT2D eigenvalue weighted by molar-refractivity contribution is 5.80. The van der Waals surface area contributed by atoms with Gasteiger partial charge in [-0.3, -0.25) is 14.9 Å². The highest BCUT2D eigenvalue weighted by Gasteiger charge is 2.11. The number of hydrogen-bond acceptors (Lipinski definition) is 8. The number of carbonyl (C=O) groups is 2. The van der Waals surface area contributed by atoms with Crippen molar-refractivity contribution in [1.29, 1.82) is 0 Å². The summed E-state index contributed by atoms with van der Waals surface area (Å²) in [5.41, 5.74) is 0.690. The van der Waals surface area contributed by atoms with E-state index in [1.807, 2.05) is 0 Å². The molecule has 1 amide bonds. The second-order valence-corrected chi connectivity index (χ2v) is 5.67. The van der Waals surface area contributed by atoms with Gasteiger partial charge < -0.3 is 24.3 Å². The quantitative estimate of drug-likeness (QED) is 0.361. The fourth-order valence-corrected chi connectivity index (χ4v) is 2.24. The topological polar surface area (TPSA) is 126 Å². The summed E-state index contributed by atoms with van der Waals surface area (Å²) in [5.74, 6) is 0.150. The van der Waals surface area contributed by atoms with Crippen molar-refractivity contribution in [1.82, 2.24) is 5.32 Å². The van der Waals surface area contributed by atoms with Crippen LogP contribution >= 0.6 is 0 Å². The van der Waals surface area contributed by atoms with Crippen LogP contribution in [0.5, 0.6) is 17.2 Å². The Labute approximate surface area is 166 Å². The molecule has 0 heterocycles. The molecule has 0 atom stereocenters. The average Bonchev–Trinajstić information content (AvgIpc) is 2.74. The van der Waals surface area contributed by atoms with Gasteiger partial charge in [0, 0.05) is 18.7 Å². The molecule has 2 rings (SSSR count). The molecule has 0 saturated heterocycles. The molecule has 0 radical (unpaired) electrons. The van der Waals surface area contributed by atoms with Crippen LogP contribution in [-0.4, -0.2) is 44.2 Å². The number of carbonyl (C=O) groups excluding carboxylic acids is 2. The number of ether oxygens (including phenoxy) is 4. The average molecular weight is 404 g/mol. The van der Waals surface area contributed by atoms with Gasteiger partial charge in [-0.05, 0) is 29.8 Å². The Kier molecular flexibility index (Phi) is 7.78. The molecule has 0 aliphatic heterocycles. The number of amides is 1. The van der Waals surface area contributed by atoms with Crippen LogP contribution in [0.2, 0.25) is 0 Å². The molecule has 0 aliphatic carbocycles. The van der Waals surface area contributed by atoms with E-state index in [1.165, 1.54) is 38.5 Å². The van der Waals surface area contributed by atoms with Crippen molar-refractivity contribution >= 4 is 17.6 Å². The zero-order chi connectivity index (χ0) is 21.2. The Hall–Kier alpha value is -3.82. The van der Waals surface area contributed by atoms with Gasteiger partial charge in [-0.15, -0.1) is 0 Å². The van der Waals surface area contributed by atoms with Crippen LogP contribution in [0.1, 0.15) is 5.56 Å². The second kappa shape index (κ2) is 10.5. The number of esters is 1. The van der Waals surface area contributed by atoms with Crippen LogP contribution in [0.4, 0.5) is 5.69 Å². The summed E-state index contributed by atoms with van der Waals surface area (Å²) >= 11 is 0. The van der Waals surface area contributed by atoms with E-state index in [0.29, 0.717) is 11.5 Å². The first kappa shape index (κ1) is 21.5. The van der Waals surface area contributed by atoms with Crippen molar-refractivity contribution in [2.75, 3.05) is 27.4 Å². The number of nitro benzene ring substituents is 1. The van der Waals surface area contributed by atoms with Crippen LogP contribution in [0.3, 0.4) is 0 Å². The Bertz CT molecular complexity index is 867. The lowest BCUT2D eigenvalue weighted by atomic mass is 10.2. The number of benzene rings is 2. The summed E-state index contributed by atoms with van der Waals surface area (Å²) in [6, 6.07) is 10.4. The van der Waals surface area contributed by atoms with Crippen molar-refractivity contribution < 1.29 is 33.5 Å². The van der Waals surface area contributed by atoms with E-state index in [4.69, 9.17) is 18.9 Å². The monoisotopic (exact) mass is 404 g/mol. The van der Waals surface area contributed by atoms with E-state index < -0.39 is 30.0 Å². The number of rotatable bonds is 10.